The molecule has 0 aliphatic heterocycles. The van der Waals surface area contributed by atoms with Crippen molar-refractivity contribution in [3.63, 3.8) is 0 Å². The molecule has 0 saturated carbocycles. The predicted molar refractivity (Wildman–Crippen MR) is 41.7 cm³/mol. The van der Waals surface area contributed by atoms with Crippen LogP contribution in [0, 0.1) is 11.6 Å². The van der Waals surface area contributed by atoms with E-state index in [1.165, 1.54) is 12.3 Å². The van der Waals surface area contributed by atoms with Gasteiger partial charge < -0.3 is 0 Å². The van der Waals surface area contributed by atoms with E-state index in [1.807, 2.05) is 0 Å². The fraction of sp³-hybridized carbons (Fsp3) is 0. The van der Waals surface area contributed by atoms with Gasteiger partial charge in [-0.1, -0.05) is 6.07 Å². The van der Waals surface area contributed by atoms with Crippen LogP contribution in [0.3, 0.4) is 0 Å². The molecule has 0 saturated heterocycles. The zero-order valence-corrected chi connectivity index (χ0v) is 6.01. The van der Waals surface area contributed by atoms with Gasteiger partial charge in [0.1, 0.15) is 5.52 Å². The molecule has 0 amide bonds. The molecule has 0 radical (unpaired) electrons. The Morgan fingerprint density at radius 1 is 1.33 bits per heavy atom. The van der Waals surface area contributed by atoms with Crippen molar-refractivity contribution in [2.45, 2.75) is 0 Å². The number of halogens is 2. The van der Waals surface area contributed by atoms with Crippen LogP contribution in [0.5, 0.6) is 0 Å². The monoisotopic (exact) mass is 166 g/mol. The number of rotatable bonds is 0. The molecule has 1 nitrogen and oxygen atoms in total. The van der Waals surface area contributed by atoms with E-state index < -0.39 is 17.7 Å². The van der Waals surface area contributed by atoms with Gasteiger partial charge in [0, 0.05) is 11.6 Å². The summed E-state index contributed by atoms with van der Waals surface area (Å²) in [6, 6.07) is 4.00. The third-order valence-corrected chi connectivity index (χ3v) is 1.59. The smallest absolute Gasteiger partial charge is 0.184 e. The summed E-state index contributed by atoms with van der Waals surface area (Å²) >= 11 is 0. The summed E-state index contributed by atoms with van der Waals surface area (Å²) in [4.78, 5) is 3.68. The maximum absolute atomic E-state index is 13.1. The summed E-state index contributed by atoms with van der Waals surface area (Å²) in [6.07, 6.45) is 1.38. The molecular weight excluding hydrogens is 160 g/mol. The first-order valence-electron chi connectivity index (χ1n) is 3.89. The van der Waals surface area contributed by atoms with Gasteiger partial charge in [0.05, 0.1) is 1.37 Å². The lowest BCUT2D eigenvalue weighted by Gasteiger charge is -1.97. The molecule has 0 spiro atoms. The Bertz CT molecular complexity index is 470. The number of fused-ring (bicyclic) bond motifs is 1. The van der Waals surface area contributed by atoms with E-state index in [-0.39, 0.29) is 5.52 Å². The van der Waals surface area contributed by atoms with Gasteiger partial charge in [-0.15, -0.1) is 0 Å². The van der Waals surface area contributed by atoms with E-state index in [0.29, 0.717) is 5.39 Å². The van der Waals surface area contributed by atoms with E-state index in [0.717, 1.165) is 0 Å². The Morgan fingerprint density at radius 3 is 3.00 bits per heavy atom. The molecule has 0 atom stereocenters. The molecular formula is C9H5F2N. The topological polar surface area (TPSA) is 12.9 Å². The highest BCUT2D eigenvalue weighted by Gasteiger charge is 2.06. The lowest BCUT2D eigenvalue weighted by molar-refractivity contribution is 0.515. The number of hydrogen-bond acceptors (Lipinski definition) is 1. The Balaban J connectivity index is 2.94. The first-order chi connectivity index (χ1) is 6.20. The zero-order valence-electron chi connectivity index (χ0n) is 7.01. The Hall–Kier alpha value is -1.51. The molecule has 3 heteroatoms. The van der Waals surface area contributed by atoms with Gasteiger partial charge in [-0.05, 0) is 18.2 Å². The third-order valence-electron chi connectivity index (χ3n) is 1.59. The number of hydrogen-bond donors (Lipinski definition) is 0. The minimum Gasteiger partial charge on any atom is -0.253 e. The maximum Gasteiger partial charge on any atom is 0.184 e. The molecule has 0 unspecified atom stereocenters. The second-order valence-electron chi connectivity index (χ2n) is 2.36. The molecule has 2 aromatic rings. The summed E-state index contributed by atoms with van der Waals surface area (Å²) in [5.41, 5.74) is -0.0315. The fourth-order valence-electron chi connectivity index (χ4n) is 1.03. The van der Waals surface area contributed by atoms with Crippen molar-refractivity contribution in [2.75, 3.05) is 0 Å². The second kappa shape index (κ2) is 2.52. The first-order valence-corrected chi connectivity index (χ1v) is 3.39. The fourth-order valence-corrected chi connectivity index (χ4v) is 1.03. The van der Waals surface area contributed by atoms with E-state index in [9.17, 15) is 8.78 Å². The molecule has 60 valence electrons. The largest absolute Gasteiger partial charge is 0.253 e. The normalized spacial score (nSPS) is 11.7. The van der Waals surface area contributed by atoms with Crippen LogP contribution in [0.15, 0.2) is 30.4 Å². The molecule has 1 aromatic carbocycles. The van der Waals surface area contributed by atoms with Gasteiger partial charge in [0.25, 0.3) is 0 Å². The van der Waals surface area contributed by atoms with Crippen molar-refractivity contribution in [3.8, 4) is 0 Å². The Labute approximate surface area is 69.1 Å². The van der Waals surface area contributed by atoms with Crippen LogP contribution in [-0.2, 0) is 0 Å². The molecule has 2 rings (SSSR count). The van der Waals surface area contributed by atoms with Crippen LogP contribution in [0.25, 0.3) is 10.9 Å². The summed E-state index contributed by atoms with van der Waals surface area (Å²) in [5.74, 6) is -2.20. The minimum absolute atomic E-state index is 0.0315. The Morgan fingerprint density at radius 2 is 2.17 bits per heavy atom. The molecule has 0 fully saturated rings. The summed E-state index contributed by atoms with van der Waals surface area (Å²) in [5, 5.41) is 0.436. The van der Waals surface area contributed by atoms with Crippen molar-refractivity contribution in [1.82, 2.24) is 4.98 Å². The van der Waals surface area contributed by atoms with Gasteiger partial charge in [-0.2, -0.15) is 0 Å². The minimum atomic E-state index is -1.15. The average molecular weight is 166 g/mol. The van der Waals surface area contributed by atoms with Crippen molar-refractivity contribution >= 4 is 10.9 Å². The van der Waals surface area contributed by atoms with Crippen molar-refractivity contribution in [2.24, 2.45) is 0 Å². The summed E-state index contributed by atoms with van der Waals surface area (Å²) in [6.45, 7) is 0. The molecule has 1 aromatic heterocycles. The van der Waals surface area contributed by atoms with E-state index >= 15 is 0 Å². The maximum atomic E-state index is 13.1. The van der Waals surface area contributed by atoms with Gasteiger partial charge >= 0.3 is 0 Å². The lowest BCUT2D eigenvalue weighted by Crippen LogP contribution is -1.87. The molecule has 12 heavy (non-hydrogen) atoms. The number of aromatic nitrogens is 1. The molecule has 1 heterocycles. The van der Waals surface area contributed by atoms with Crippen LogP contribution in [0.2, 0.25) is 0 Å². The van der Waals surface area contributed by atoms with Gasteiger partial charge in [0.15, 0.2) is 11.6 Å². The van der Waals surface area contributed by atoms with Gasteiger partial charge in [0.2, 0.25) is 0 Å². The second-order valence-corrected chi connectivity index (χ2v) is 2.36. The lowest BCUT2D eigenvalue weighted by atomic mass is 10.2. The number of nitrogens with zero attached hydrogens (tertiary/aromatic N) is 1. The van der Waals surface area contributed by atoms with E-state index in [4.69, 9.17) is 1.37 Å². The average Bonchev–Trinajstić information content (AvgIpc) is 2.15. The molecule has 0 aliphatic rings. The van der Waals surface area contributed by atoms with Crippen LogP contribution in [0.4, 0.5) is 8.78 Å². The van der Waals surface area contributed by atoms with Crippen molar-refractivity contribution in [3.05, 3.63) is 42.1 Å². The highest BCUT2D eigenvalue weighted by atomic mass is 19.2. The Kier molecular flexibility index (Phi) is 1.27. The van der Waals surface area contributed by atoms with Gasteiger partial charge in [-0.25, -0.2) is 8.78 Å². The van der Waals surface area contributed by atoms with E-state index in [1.54, 1.807) is 12.1 Å². The molecule has 0 N–H and O–H groups in total. The van der Waals surface area contributed by atoms with Crippen LogP contribution >= 0.6 is 0 Å². The van der Waals surface area contributed by atoms with E-state index in [2.05, 4.69) is 4.98 Å². The molecule has 0 bridgehead atoms. The highest BCUT2D eigenvalue weighted by Crippen LogP contribution is 2.16. The summed E-state index contributed by atoms with van der Waals surface area (Å²) < 4.78 is 33.1. The van der Waals surface area contributed by atoms with Crippen LogP contribution < -0.4 is 0 Å². The van der Waals surface area contributed by atoms with Crippen LogP contribution in [0.1, 0.15) is 1.37 Å². The van der Waals surface area contributed by atoms with Crippen LogP contribution in [-0.4, -0.2) is 4.98 Å². The highest BCUT2D eigenvalue weighted by molar-refractivity contribution is 5.78. The third kappa shape index (κ3) is 0.942. The predicted octanol–water partition coefficient (Wildman–Crippen LogP) is 2.51. The SMILES string of the molecule is [2H]c1cc2cccnc2c(F)c1F. The zero-order chi connectivity index (χ0) is 9.42. The van der Waals surface area contributed by atoms with Gasteiger partial charge in [-0.3, -0.25) is 4.98 Å². The number of pyridine rings is 1. The quantitative estimate of drug-likeness (QED) is 0.586. The first kappa shape index (κ1) is 6.06. The van der Waals surface area contributed by atoms with Crippen molar-refractivity contribution < 1.29 is 10.2 Å². The number of benzene rings is 1. The molecule has 0 aliphatic carbocycles. The summed E-state index contributed by atoms with van der Waals surface area (Å²) in [7, 11) is 0. The standard InChI is InChI=1S/C9H5F2N/c10-7-4-3-6-2-1-5-12-9(6)8(7)11/h1-5H/i4D. The van der Waals surface area contributed by atoms with Crippen molar-refractivity contribution in [1.29, 1.82) is 0 Å².